The summed E-state index contributed by atoms with van der Waals surface area (Å²) < 4.78 is 10.3. The van der Waals surface area contributed by atoms with Gasteiger partial charge in [0.25, 0.3) is 0 Å². The van der Waals surface area contributed by atoms with Crippen LogP contribution in [-0.2, 0) is 22.3 Å². The van der Waals surface area contributed by atoms with E-state index in [1.165, 1.54) is 27.1 Å². The molecule has 1 saturated heterocycles. The number of ether oxygens (including phenoxy) is 2. The van der Waals surface area contributed by atoms with E-state index >= 15 is 0 Å². The predicted octanol–water partition coefficient (Wildman–Crippen LogP) is 4.44. The van der Waals surface area contributed by atoms with Crippen LogP contribution in [0.2, 0.25) is 0 Å². The molecule has 1 aromatic carbocycles. The zero-order chi connectivity index (χ0) is 19.3. The number of rotatable bonds is 3. The third kappa shape index (κ3) is 2.91. The van der Waals surface area contributed by atoms with Crippen LogP contribution in [0.15, 0.2) is 24.3 Å². The Labute approximate surface area is 168 Å². The number of alkyl carbamates (subject to hydrolysis) is 1. The van der Waals surface area contributed by atoms with Gasteiger partial charge in [-0.15, -0.1) is 11.3 Å². The number of carbonyl (C=O) groups excluding carboxylic acids is 2. The number of amides is 1. The molecular weight excluding hydrogens is 374 g/mol. The fourth-order valence-electron chi connectivity index (χ4n) is 4.88. The summed E-state index contributed by atoms with van der Waals surface area (Å²) in [6.07, 6.45) is 4.66. The van der Waals surface area contributed by atoms with E-state index in [9.17, 15) is 9.59 Å². The molecule has 1 aliphatic heterocycles. The van der Waals surface area contributed by atoms with Crippen LogP contribution >= 0.6 is 11.3 Å². The lowest BCUT2D eigenvalue weighted by molar-refractivity contribution is 0.0532. The van der Waals surface area contributed by atoms with Crippen molar-refractivity contribution in [3.8, 4) is 11.1 Å². The lowest BCUT2D eigenvalue weighted by Crippen LogP contribution is -2.40. The molecule has 0 radical (unpaired) electrons. The number of thiophene rings is 1. The zero-order valence-corrected chi connectivity index (χ0v) is 16.7. The lowest BCUT2D eigenvalue weighted by Gasteiger charge is -2.22. The average molecular weight is 397 g/mol. The summed E-state index contributed by atoms with van der Waals surface area (Å²) in [7, 11) is 0. The van der Waals surface area contributed by atoms with Crippen LogP contribution in [-0.4, -0.2) is 30.8 Å². The van der Waals surface area contributed by atoms with Crippen molar-refractivity contribution in [2.75, 3.05) is 13.2 Å². The molecule has 1 spiro atoms. The lowest BCUT2D eigenvalue weighted by atomic mass is 9.85. The van der Waals surface area contributed by atoms with Gasteiger partial charge in [-0.05, 0) is 73.3 Å². The van der Waals surface area contributed by atoms with Crippen molar-refractivity contribution in [3.63, 3.8) is 0 Å². The van der Waals surface area contributed by atoms with E-state index in [2.05, 4.69) is 23.5 Å². The molecule has 2 heterocycles. The number of benzene rings is 1. The maximum Gasteiger partial charge on any atom is 0.407 e. The van der Waals surface area contributed by atoms with Crippen molar-refractivity contribution in [3.05, 3.63) is 45.1 Å². The molecule has 2 fully saturated rings. The Balaban J connectivity index is 1.40. The fourth-order valence-corrected chi connectivity index (χ4v) is 5.95. The number of hydrogen-bond donors (Lipinski definition) is 1. The summed E-state index contributed by atoms with van der Waals surface area (Å²) in [6, 6.07) is 8.75. The summed E-state index contributed by atoms with van der Waals surface area (Å²) >= 11 is 1.56. The molecule has 2 atom stereocenters. The summed E-state index contributed by atoms with van der Waals surface area (Å²) in [4.78, 5) is 25.5. The first kappa shape index (κ1) is 17.7. The van der Waals surface area contributed by atoms with Gasteiger partial charge in [0.1, 0.15) is 11.5 Å². The van der Waals surface area contributed by atoms with Crippen LogP contribution in [0.1, 0.15) is 57.8 Å². The second-order valence-electron chi connectivity index (χ2n) is 8.01. The van der Waals surface area contributed by atoms with E-state index in [-0.39, 0.29) is 17.6 Å². The average Bonchev–Trinajstić information content (AvgIpc) is 3.40. The highest BCUT2D eigenvalue weighted by atomic mass is 32.1. The van der Waals surface area contributed by atoms with E-state index in [1.807, 2.05) is 13.0 Å². The minimum atomic E-state index is -0.284. The fraction of sp³-hybridized carbons (Fsp3) is 0.455. The van der Waals surface area contributed by atoms with Crippen LogP contribution in [0.4, 0.5) is 4.79 Å². The molecule has 0 bridgehead atoms. The largest absolute Gasteiger partial charge is 0.462 e. The number of cyclic esters (lactones) is 1. The monoisotopic (exact) mass is 397 g/mol. The maximum absolute atomic E-state index is 12.1. The minimum absolute atomic E-state index is 0.174. The number of esters is 1. The smallest absolute Gasteiger partial charge is 0.407 e. The molecule has 6 heteroatoms. The van der Waals surface area contributed by atoms with Crippen LogP contribution in [0, 0.1) is 0 Å². The van der Waals surface area contributed by atoms with Crippen LogP contribution in [0.5, 0.6) is 0 Å². The van der Waals surface area contributed by atoms with Crippen LogP contribution in [0.3, 0.4) is 0 Å². The van der Waals surface area contributed by atoms with Gasteiger partial charge in [0.15, 0.2) is 0 Å². The molecule has 1 amide bonds. The van der Waals surface area contributed by atoms with Gasteiger partial charge >= 0.3 is 12.1 Å². The Morgan fingerprint density at radius 1 is 1.32 bits per heavy atom. The number of carbonyl (C=O) groups is 2. The first-order valence-electron chi connectivity index (χ1n) is 9.95. The van der Waals surface area contributed by atoms with Gasteiger partial charge in [-0.25, -0.2) is 9.59 Å². The second-order valence-corrected chi connectivity index (χ2v) is 9.14. The molecule has 146 valence electrons. The topological polar surface area (TPSA) is 64.6 Å². The SMILES string of the molecule is CCOC(=O)c1cc2c(s1)CCc1cc([C@H]3CC[C@]4(COC(=O)N4)C3)ccc1-2. The van der Waals surface area contributed by atoms with E-state index in [4.69, 9.17) is 9.47 Å². The van der Waals surface area contributed by atoms with Crippen molar-refractivity contribution in [1.82, 2.24) is 5.32 Å². The van der Waals surface area contributed by atoms with Gasteiger partial charge in [-0.1, -0.05) is 18.2 Å². The first-order valence-corrected chi connectivity index (χ1v) is 10.8. The zero-order valence-electron chi connectivity index (χ0n) is 15.9. The molecule has 2 aliphatic carbocycles. The number of fused-ring (bicyclic) bond motifs is 3. The molecule has 28 heavy (non-hydrogen) atoms. The molecule has 1 aromatic heterocycles. The molecule has 5 rings (SSSR count). The Morgan fingerprint density at radius 3 is 3.00 bits per heavy atom. The van der Waals surface area contributed by atoms with E-state index < -0.39 is 0 Å². The van der Waals surface area contributed by atoms with Gasteiger partial charge in [0.2, 0.25) is 0 Å². The van der Waals surface area contributed by atoms with Crippen molar-refractivity contribution in [1.29, 1.82) is 0 Å². The molecule has 2 aromatic rings. The molecular formula is C22H23NO4S. The number of hydrogen-bond acceptors (Lipinski definition) is 5. The predicted molar refractivity (Wildman–Crippen MR) is 107 cm³/mol. The summed E-state index contributed by atoms with van der Waals surface area (Å²) in [6.45, 7) is 2.72. The van der Waals surface area contributed by atoms with Gasteiger partial charge in [-0.3, -0.25) is 0 Å². The Morgan fingerprint density at radius 2 is 2.21 bits per heavy atom. The summed E-state index contributed by atoms with van der Waals surface area (Å²) in [5.41, 5.74) is 4.95. The van der Waals surface area contributed by atoms with Crippen LogP contribution < -0.4 is 5.32 Å². The number of aryl methyl sites for hydroxylation is 2. The molecule has 0 unspecified atom stereocenters. The van der Waals surface area contributed by atoms with E-state index in [0.29, 0.717) is 24.0 Å². The highest BCUT2D eigenvalue weighted by molar-refractivity contribution is 7.14. The summed E-state index contributed by atoms with van der Waals surface area (Å²) in [5.74, 6) is 0.225. The Bertz CT molecular complexity index is 965. The third-order valence-electron chi connectivity index (χ3n) is 6.25. The first-order chi connectivity index (χ1) is 13.6. The van der Waals surface area contributed by atoms with E-state index in [0.717, 1.165) is 32.1 Å². The van der Waals surface area contributed by atoms with Crippen molar-refractivity contribution in [2.45, 2.75) is 50.5 Å². The van der Waals surface area contributed by atoms with E-state index in [1.54, 1.807) is 11.3 Å². The summed E-state index contributed by atoms with van der Waals surface area (Å²) in [5, 5.41) is 3.02. The van der Waals surface area contributed by atoms with Crippen LogP contribution in [0.25, 0.3) is 11.1 Å². The van der Waals surface area contributed by atoms with Gasteiger partial charge < -0.3 is 14.8 Å². The van der Waals surface area contributed by atoms with Crippen molar-refractivity contribution < 1.29 is 19.1 Å². The Hall–Kier alpha value is -2.34. The highest BCUT2D eigenvalue weighted by Gasteiger charge is 2.46. The van der Waals surface area contributed by atoms with Gasteiger partial charge in [0, 0.05) is 4.88 Å². The minimum Gasteiger partial charge on any atom is -0.462 e. The normalized spacial score (nSPS) is 25.2. The van der Waals surface area contributed by atoms with Crippen molar-refractivity contribution in [2.24, 2.45) is 0 Å². The molecule has 1 saturated carbocycles. The third-order valence-corrected chi connectivity index (χ3v) is 7.43. The molecule has 5 nitrogen and oxygen atoms in total. The molecule has 3 aliphatic rings. The van der Waals surface area contributed by atoms with Gasteiger partial charge in [0.05, 0.1) is 12.1 Å². The Kier molecular flexibility index (Phi) is 4.19. The molecule has 1 N–H and O–H groups in total. The quantitative estimate of drug-likeness (QED) is 0.778. The van der Waals surface area contributed by atoms with Gasteiger partial charge in [-0.2, -0.15) is 0 Å². The highest BCUT2D eigenvalue weighted by Crippen LogP contribution is 2.45. The van der Waals surface area contributed by atoms with Crippen molar-refractivity contribution >= 4 is 23.4 Å². The second kappa shape index (κ2) is 6.62. The standard InChI is InChI=1S/C22H23NO4S/c1-2-26-20(24)19-10-17-16-5-3-13(9-14(16)4-6-18(17)28-19)15-7-8-22(11-15)12-27-21(25)23-22/h3,5,9-10,15H,2,4,6-8,11-12H2,1H3,(H,23,25)/t15-,22+/m0/s1. The number of nitrogens with one attached hydrogen (secondary N) is 1. The maximum atomic E-state index is 12.1.